The monoisotopic (exact) mass is 398 g/mol. The maximum atomic E-state index is 11.5. The molecule has 0 bridgehead atoms. The van der Waals surface area contributed by atoms with Gasteiger partial charge in [-0.3, -0.25) is 10.1 Å². The minimum Gasteiger partial charge on any atom is -0.480 e. The molecule has 0 aliphatic carbocycles. The predicted molar refractivity (Wildman–Crippen MR) is 99.5 cm³/mol. The molecule has 0 amide bonds. The molecule has 0 fully saturated rings. The zero-order chi connectivity index (χ0) is 19.3. The Morgan fingerprint density at radius 3 is 2.50 bits per heavy atom. The average molecular weight is 399 g/mol. The number of benzene rings is 1. The van der Waals surface area contributed by atoms with Crippen LogP contribution in [0.3, 0.4) is 0 Å². The van der Waals surface area contributed by atoms with Crippen LogP contribution in [-0.4, -0.2) is 34.4 Å². The molecule has 26 heavy (non-hydrogen) atoms. The van der Waals surface area contributed by atoms with Crippen molar-refractivity contribution < 1.29 is 19.1 Å². The molecular formula is C18H20Cl2N2O4. The topological polar surface area (TPSA) is 92.4 Å². The number of hydrogen-bond donors (Lipinski definition) is 2. The van der Waals surface area contributed by atoms with Gasteiger partial charge in [-0.15, -0.1) is 0 Å². The Labute approximate surface area is 161 Å². The fourth-order valence-electron chi connectivity index (χ4n) is 2.56. The van der Waals surface area contributed by atoms with Gasteiger partial charge >= 0.3 is 5.97 Å². The molecule has 140 valence electrons. The number of nitrogens with zero attached hydrogens (tertiary/aromatic N) is 1. The van der Waals surface area contributed by atoms with Crippen molar-refractivity contribution in [3.05, 3.63) is 40.4 Å². The van der Waals surface area contributed by atoms with Gasteiger partial charge in [0.15, 0.2) is 5.89 Å². The van der Waals surface area contributed by atoms with Crippen LogP contribution in [-0.2, 0) is 16.0 Å². The first-order chi connectivity index (χ1) is 12.3. The number of carbonyl (C=O) groups excluding carboxylic acids is 1. The lowest BCUT2D eigenvalue weighted by Gasteiger charge is -2.19. The maximum Gasteiger partial charge on any atom is 0.321 e. The highest BCUT2D eigenvalue weighted by atomic mass is 35.5. The van der Waals surface area contributed by atoms with Gasteiger partial charge in [-0.1, -0.05) is 37.0 Å². The molecule has 0 saturated carbocycles. The highest BCUT2D eigenvalue weighted by molar-refractivity contribution is 6.35. The highest BCUT2D eigenvalue weighted by Crippen LogP contribution is 2.27. The molecule has 0 spiro atoms. The van der Waals surface area contributed by atoms with E-state index >= 15 is 0 Å². The van der Waals surface area contributed by atoms with Crippen LogP contribution in [0.5, 0.6) is 0 Å². The van der Waals surface area contributed by atoms with Gasteiger partial charge in [0.1, 0.15) is 24.3 Å². The first-order valence-corrected chi connectivity index (χ1v) is 8.89. The van der Waals surface area contributed by atoms with Crippen LogP contribution in [0.15, 0.2) is 28.9 Å². The summed E-state index contributed by atoms with van der Waals surface area (Å²) in [7, 11) is 0. The second-order valence-electron chi connectivity index (χ2n) is 6.42. The van der Waals surface area contributed by atoms with Gasteiger partial charge in [-0.25, -0.2) is 4.98 Å². The highest BCUT2D eigenvalue weighted by Gasteiger charge is 2.24. The molecule has 1 heterocycles. The van der Waals surface area contributed by atoms with Crippen molar-refractivity contribution in [2.75, 3.05) is 0 Å². The van der Waals surface area contributed by atoms with Gasteiger partial charge in [0.2, 0.25) is 0 Å². The lowest BCUT2D eigenvalue weighted by atomic mass is 10.0. The first-order valence-electron chi connectivity index (χ1n) is 8.13. The minimum atomic E-state index is -1.08. The molecule has 0 unspecified atom stereocenters. The number of aldehydes is 1. The molecule has 6 nitrogen and oxygen atoms in total. The van der Waals surface area contributed by atoms with E-state index in [1.54, 1.807) is 18.2 Å². The number of carboxylic acids is 1. The van der Waals surface area contributed by atoms with E-state index in [1.165, 1.54) is 6.26 Å². The molecule has 0 aliphatic rings. The van der Waals surface area contributed by atoms with E-state index in [2.05, 4.69) is 10.3 Å². The van der Waals surface area contributed by atoms with Crippen molar-refractivity contribution in [3.63, 3.8) is 0 Å². The maximum absolute atomic E-state index is 11.5. The second-order valence-corrected chi connectivity index (χ2v) is 7.29. The van der Waals surface area contributed by atoms with Gasteiger partial charge < -0.3 is 14.3 Å². The third-order valence-corrected chi connectivity index (χ3v) is 4.13. The lowest BCUT2D eigenvalue weighted by Crippen LogP contribution is -2.46. The van der Waals surface area contributed by atoms with E-state index < -0.39 is 18.1 Å². The summed E-state index contributed by atoms with van der Waals surface area (Å²) in [5.74, 6) is -0.579. The Hall–Kier alpha value is -1.89. The van der Waals surface area contributed by atoms with Gasteiger partial charge in [0.25, 0.3) is 0 Å². The van der Waals surface area contributed by atoms with E-state index in [-0.39, 0.29) is 18.2 Å². The molecule has 8 heteroatoms. The number of carbonyl (C=O) groups is 2. The Kier molecular flexibility index (Phi) is 7.20. The third kappa shape index (κ3) is 5.83. The quantitative estimate of drug-likeness (QED) is 0.623. The number of oxazole rings is 1. The zero-order valence-electron chi connectivity index (χ0n) is 14.4. The SMILES string of the molecule is CC(C)C[C@@H](C=O)N[C@@H](Cc1nc(-c2cc(Cl)cc(Cl)c2)co1)C(=O)O. The van der Waals surface area contributed by atoms with Crippen LogP contribution in [0.4, 0.5) is 0 Å². The van der Waals surface area contributed by atoms with E-state index in [1.807, 2.05) is 13.8 Å². The number of carboxylic acid groups (broad SMARTS) is 1. The molecule has 2 rings (SSSR count). The van der Waals surface area contributed by atoms with Crippen LogP contribution in [0, 0.1) is 5.92 Å². The van der Waals surface area contributed by atoms with Gasteiger partial charge in [0.05, 0.1) is 12.5 Å². The van der Waals surface area contributed by atoms with Crippen molar-refractivity contribution in [1.82, 2.24) is 10.3 Å². The fraction of sp³-hybridized carbons (Fsp3) is 0.389. The van der Waals surface area contributed by atoms with Crippen molar-refractivity contribution in [1.29, 1.82) is 0 Å². The number of aliphatic carboxylic acids is 1. The summed E-state index contributed by atoms with van der Waals surface area (Å²) in [6, 6.07) is 3.45. The van der Waals surface area contributed by atoms with Gasteiger partial charge in [-0.05, 0) is 30.5 Å². The van der Waals surface area contributed by atoms with Crippen LogP contribution >= 0.6 is 23.2 Å². The molecule has 0 radical (unpaired) electrons. The van der Waals surface area contributed by atoms with Gasteiger partial charge in [-0.2, -0.15) is 0 Å². The Balaban J connectivity index is 2.13. The smallest absolute Gasteiger partial charge is 0.321 e. The summed E-state index contributed by atoms with van der Waals surface area (Å²) in [6.45, 7) is 3.93. The normalized spacial score (nSPS) is 13.6. The molecule has 2 atom stereocenters. The fourth-order valence-corrected chi connectivity index (χ4v) is 3.09. The zero-order valence-corrected chi connectivity index (χ0v) is 15.9. The molecule has 1 aromatic carbocycles. The van der Waals surface area contributed by atoms with E-state index in [0.29, 0.717) is 27.7 Å². The molecule has 0 saturated heterocycles. The summed E-state index contributed by atoms with van der Waals surface area (Å²) >= 11 is 12.0. The third-order valence-electron chi connectivity index (χ3n) is 3.69. The van der Waals surface area contributed by atoms with E-state index in [4.69, 9.17) is 27.6 Å². The van der Waals surface area contributed by atoms with Crippen LogP contribution in [0.1, 0.15) is 26.2 Å². The number of nitrogens with one attached hydrogen (secondary N) is 1. The van der Waals surface area contributed by atoms with E-state index in [9.17, 15) is 14.7 Å². The molecule has 1 aromatic heterocycles. The number of hydrogen-bond acceptors (Lipinski definition) is 5. The summed E-state index contributed by atoms with van der Waals surface area (Å²) in [5, 5.41) is 13.2. The van der Waals surface area contributed by atoms with Crippen molar-refractivity contribution in [2.45, 2.75) is 38.8 Å². The first kappa shape index (κ1) is 20.4. The number of rotatable bonds is 9. The minimum absolute atomic E-state index is 0.00602. The number of aromatic nitrogens is 1. The predicted octanol–water partition coefficient (Wildman–Crippen LogP) is 3.85. The Bertz CT molecular complexity index is 756. The Morgan fingerprint density at radius 1 is 1.31 bits per heavy atom. The van der Waals surface area contributed by atoms with E-state index in [0.717, 1.165) is 6.29 Å². The van der Waals surface area contributed by atoms with Crippen molar-refractivity contribution in [2.24, 2.45) is 5.92 Å². The summed E-state index contributed by atoms with van der Waals surface area (Å²) in [6.07, 6.45) is 2.70. The summed E-state index contributed by atoms with van der Waals surface area (Å²) in [5.41, 5.74) is 1.17. The van der Waals surface area contributed by atoms with Crippen LogP contribution in [0.2, 0.25) is 10.0 Å². The molecule has 2 aromatic rings. The van der Waals surface area contributed by atoms with Crippen LogP contribution in [0.25, 0.3) is 11.3 Å². The van der Waals surface area contributed by atoms with Gasteiger partial charge in [0, 0.05) is 15.6 Å². The standard InChI is InChI=1S/C18H20Cl2N2O4/c1-10(2)3-14(8-23)21-15(18(24)25)7-17-22-16(9-26-17)11-4-12(19)6-13(20)5-11/h4-6,8-10,14-15,21H,3,7H2,1-2H3,(H,24,25)/t14-,15-/m0/s1. The molecular weight excluding hydrogens is 379 g/mol. The largest absolute Gasteiger partial charge is 0.480 e. The summed E-state index contributed by atoms with van der Waals surface area (Å²) < 4.78 is 5.39. The number of halogens is 2. The molecule has 0 aliphatic heterocycles. The van der Waals surface area contributed by atoms with Crippen molar-refractivity contribution in [3.8, 4) is 11.3 Å². The van der Waals surface area contributed by atoms with Crippen molar-refractivity contribution >= 4 is 35.5 Å². The molecule has 2 N–H and O–H groups in total. The Morgan fingerprint density at radius 2 is 1.96 bits per heavy atom. The second kappa shape index (κ2) is 9.16. The summed E-state index contributed by atoms with van der Waals surface area (Å²) in [4.78, 5) is 27.0. The average Bonchev–Trinajstić information content (AvgIpc) is 3.00. The lowest BCUT2D eigenvalue weighted by molar-refractivity contribution is -0.139. The van der Waals surface area contributed by atoms with Crippen LogP contribution < -0.4 is 5.32 Å².